The molecule has 1 aromatic heterocycles. The highest BCUT2D eigenvalue weighted by molar-refractivity contribution is 7.99. The number of hydrogen-bond donors (Lipinski definition) is 2. The van der Waals surface area contributed by atoms with Crippen LogP contribution in [0.25, 0.3) is 0 Å². The van der Waals surface area contributed by atoms with Gasteiger partial charge < -0.3 is 5.32 Å². The molecule has 96 valence electrons. The van der Waals surface area contributed by atoms with Gasteiger partial charge in [-0.2, -0.15) is 11.8 Å². The van der Waals surface area contributed by atoms with Crippen molar-refractivity contribution < 1.29 is 8.42 Å². The highest BCUT2D eigenvalue weighted by Crippen LogP contribution is 2.23. The van der Waals surface area contributed by atoms with E-state index < -0.39 is 10.0 Å². The van der Waals surface area contributed by atoms with E-state index >= 15 is 0 Å². The SMILES string of the molecule is CNCc1csc(S(=O)(=O)NC2CCSC2)c1. The third-order valence-electron chi connectivity index (χ3n) is 2.53. The van der Waals surface area contributed by atoms with Crippen molar-refractivity contribution in [3.05, 3.63) is 17.0 Å². The lowest BCUT2D eigenvalue weighted by molar-refractivity contribution is 0.565. The number of thioether (sulfide) groups is 1. The maximum Gasteiger partial charge on any atom is 0.250 e. The van der Waals surface area contributed by atoms with E-state index in [0.29, 0.717) is 10.8 Å². The Morgan fingerprint density at radius 2 is 2.35 bits per heavy atom. The molecule has 2 heterocycles. The average molecular weight is 292 g/mol. The van der Waals surface area contributed by atoms with E-state index in [9.17, 15) is 8.42 Å². The minimum absolute atomic E-state index is 0.0971. The Hall–Kier alpha value is -0.0800. The molecular weight excluding hydrogens is 276 g/mol. The number of rotatable bonds is 5. The van der Waals surface area contributed by atoms with Gasteiger partial charge in [-0.1, -0.05) is 0 Å². The van der Waals surface area contributed by atoms with Crippen LogP contribution in [0.3, 0.4) is 0 Å². The molecule has 0 aliphatic carbocycles. The second-order valence-electron chi connectivity index (χ2n) is 3.99. The van der Waals surface area contributed by atoms with Crippen molar-refractivity contribution in [1.29, 1.82) is 0 Å². The summed E-state index contributed by atoms with van der Waals surface area (Å²) >= 11 is 3.08. The Morgan fingerprint density at radius 3 is 3.00 bits per heavy atom. The molecule has 1 aromatic rings. The maximum atomic E-state index is 12.1. The Morgan fingerprint density at radius 1 is 1.53 bits per heavy atom. The first-order chi connectivity index (χ1) is 8.12. The summed E-state index contributed by atoms with van der Waals surface area (Å²) < 4.78 is 27.3. The maximum absolute atomic E-state index is 12.1. The molecule has 2 N–H and O–H groups in total. The van der Waals surface area contributed by atoms with Gasteiger partial charge in [-0.15, -0.1) is 11.3 Å². The molecule has 0 amide bonds. The molecule has 1 aliphatic heterocycles. The lowest BCUT2D eigenvalue weighted by Crippen LogP contribution is -2.34. The van der Waals surface area contributed by atoms with Gasteiger partial charge in [0.1, 0.15) is 4.21 Å². The van der Waals surface area contributed by atoms with Crippen molar-refractivity contribution in [1.82, 2.24) is 10.0 Å². The van der Waals surface area contributed by atoms with E-state index in [2.05, 4.69) is 10.0 Å². The number of hydrogen-bond acceptors (Lipinski definition) is 5. The van der Waals surface area contributed by atoms with Crippen molar-refractivity contribution in [2.45, 2.75) is 23.2 Å². The fraction of sp³-hybridized carbons (Fsp3) is 0.600. The molecule has 0 radical (unpaired) electrons. The third-order valence-corrected chi connectivity index (χ3v) is 6.70. The second kappa shape index (κ2) is 5.71. The Bertz CT molecular complexity index is 464. The number of nitrogens with one attached hydrogen (secondary N) is 2. The van der Waals surface area contributed by atoms with Gasteiger partial charge in [0.2, 0.25) is 10.0 Å². The fourth-order valence-corrected chi connectivity index (χ4v) is 5.45. The molecule has 0 saturated carbocycles. The van der Waals surface area contributed by atoms with E-state index in [-0.39, 0.29) is 6.04 Å². The summed E-state index contributed by atoms with van der Waals surface area (Å²) in [5.41, 5.74) is 1.01. The molecule has 1 aliphatic rings. The molecule has 4 nitrogen and oxygen atoms in total. The molecule has 7 heteroatoms. The second-order valence-corrected chi connectivity index (χ2v) is 7.99. The average Bonchev–Trinajstić information content (AvgIpc) is 2.88. The number of sulfonamides is 1. The summed E-state index contributed by atoms with van der Waals surface area (Å²) in [7, 11) is -1.47. The van der Waals surface area contributed by atoms with Crippen molar-refractivity contribution in [2.75, 3.05) is 18.6 Å². The molecule has 1 fully saturated rings. The zero-order chi connectivity index (χ0) is 12.3. The summed E-state index contributed by atoms with van der Waals surface area (Å²) in [6.45, 7) is 0.700. The van der Waals surface area contributed by atoms with Crippen LogP contribution in [-0.4, -0.2) is 33.0 Å². The predicted molar refractivity (Wildman–Crippen MR) is 73.1 cm³/mol. The summed E-state index contributed by atoms with van der Waals surface area (Å²) in [6, 6.07) is 1.84. The summed E-state index contributed by atoms with van der Waals surface area (Å²) in [4.78, 5) is 0. The topological polar surface area (TPSA) is 58.2 Å². The van der Waals surface area contributed by atoms with Crippen LogP contribution in [0.1, 0.15) is 12.0 Å². The third kappa shape index (κ3) is 3.45. The lowest BCUT2D eigenvalue weighted by atomic mass is 10.3. The van der Waals surface area contributed by atoms with Crippen molar-refractivity contribution >= 4 is 33.1 Å². The summed E-state index contributed by atoms with van der Waals surface area (Å²) in [6.07, 6.45) is 0.929. The Kier molecular flexibility index (Phi) is 4.48. The van der Waals surface area contributed by atoms with Crippen LogP contribution in [0.4, 0.5) is 0 Å². The molecule has 1 saturated heterocycles. The van der Waals surface area contributed by atoms with Gasteiger partial charge in [0.15, 0.2) is 0 Å². The van der Waals surface area contributed by atoms with Gasteiger partial charge in [-0.3, -0.25) is 0 Å². The molecular formula is C10H16N2O2S3. The van der Waals surface area contributed by atoms with Crippen LogP contribution in [0, 0.1) is 0 Å². The van der Waals surface area contributed by atoms with Gasteiger partial charge in [0, 0.05) is 18.3 Å². The van der Waals surface area contributed by atoms with Crippen molar-refractivity contribution in [2.24, 2.45) is 0 Å². The highest BCUT2D eigenvalue weighted by atomic mass is 32.2. The molecule has 0 spiro atoms. The van der Waals surface area contributed by atoms with E-state index in [1.54, 1.807) is 17.8 Å². The van der Waals surface area contributed by atoms with Crippen molar-refractivity contribution in [3.8, 4) is 0 Å². The normalized spacial score (nSPS) is 20.9. The van der Waals surface area contributed by atoms with Crippen LogP contribution in [0.15, 0.2) is 15.7 Å². The van der Waals surface area contributed by atoms with Crippen LogP contribution in [-0.2, 0) is 16.6 Å². The Balaban J connectivity index is 2.07. The molecule has 1 atom stereocenters. The predicted octanol–water partition coefficient (Wildman–Crippen LogP) is 1.25. The van der Waals surface area contributed by atoms with Crippen LogP contribution < -0.4 is 10.0 Å². The van der Waals surface area contributed by atoms with Gasteiger partial charge in [-0.05, 0) is 36.2 Å². The molecule has 0 bridgehead atoms. The standard InChI is InChI=1S/C10H16N2O2S3/c1-11-5-8-4-10(16-6-8)17(13,14)12-9-2-3-15-7-9/h4,6,9,11-12H,2-3,5,7H2,1H3. The van der Waals surface area contributed by atoms with E-state index in [1.807, 2.05) is 12.4 Å². The van der Waals surface area contributed by atoms with E-state index in [0.717, 1.165) is 23.5 Å². The molecule has 0 aromatic carbocycles. The van der Waals surface area contributed by atoms with Gasteiger partial charge in [0.25, 0.3) is 0 Å². The minimum atomic E-state index is -3.31. The van der Waals surface area contributed by atoms with Gasteiger partial charge in [0.05, 0.1) is 0 Å². The summed E-state index contributed by atoms with van der Waals surface area (Å²) in [5.74, 6) is 1.93. The highest BCUT2D eigenvalue weighted by Gasteiger charge is 2.24. The largest absolute Gasteiger partial charge is 0.316 e. The molecule has 1 unspecified atom stereocenters. The van der Waals surface area contributed by atoms with E-state index in [1.165, 1.54) is 11.3 Å². The zero-order valence-electron chi connectivity index (χ0n) is 9.60. The van der Waals surface area contributed by atoms with Crippen molar-refractivity contribution in [3.63, 3.8) is 0 Å². The van der Waals surface area contributed by atoms with Gasteiger partial charge in [-0.25, -0.2) is 13.1 Å². The summed E-state index contributed by atoms with van der Waals surface area (Å²) in [5, 5.41) is 4.89. The quantitative estimate of drug-likeness (QED) is 0.857. The van der Waals surface area contributed by atoms with Crippen LogP contribution >= 0.6 is 23.1 Å². The smallest absolute Gasteiger partial charge is 0.250 e. The zero-order valence-corrected chi connectivity index (χ0v) is 12.1. The first kappa shape index (κ1) is 13.4. The van der Waals surface area contributed by atoms with Crippen LogP contribution in [0.5, 0.6) is 0 Å². The lowest BCUT2D eigenvalue weighted by Gasteiger charge is -2.10. The van der Waals surface area contributed by atoms with Crippen LogP contribution in [0.2, 0.25) is 0 Å². The monoisotopic (exact) mass is 292 g/mol. The number of thiophene rings is 1. The minimum Gasteiger partial charge on any atom is -0.316 e. The first-order valence-corrected chi connectivity index (χ1v) is 8.95. The molecule has 17 heavy (non-hydrogen) atoms. The van der Waals surface area contributed by atoms with Gasteiger partial charge >= 0.3 is 0 Å². The fourth-order valence-electron chi connectivity index (χ4n) is 1.70. The van der Waals surface area contributed by atoms with E-state index in [4.69, 9.17) is 0 Å². The molecule has 2 rings (SSSR count). The first-order valence-electron chi connectivity index (χ1n) is 5.44. The Labute approximate surface area is 110 Å².